The van der Waals surface area contributed by atoms with E-state index in [1.54, 1.807) is 6.92 Å². The second kappa shape index (κ2) is 11.1. The van der Waals surface area contributed by atoms with Crippen LogP contribution < -0.4 is 9.64 Å². The molecule has 3 heterocycles. The molecule has 0 radical (unpaired) electrons. The monoisotopic (exact) mass is 571 g/mol. The van der Waals surface area contributed by atoms with Crippen LogP contribution in [0.4, 0.5) is 14.6 Å². The maximum Gasteiger partial charge on any atom is 0.319 e. The topological polar surface area (TPSA) is 94.8 Å². The number of aromatic nitrogens is 3. The Morgan fingerprint density at radius 3 is 2.76 bits per heavy atom. The molecule has 2 aromatic heterocycles. The van der Waals surface area contributed by atoms with Crippen molar-refractivity contribution in [2.45, 2.75) is 32.3 Å². The number of aliphatic hydroxyl groups is 1. The number of β-amino-alcohol motifs (C(OH)–C–C–N with tert-alkyl or cyclic N) is 1. The zero-order valence-corrected chi connectivity index (χ0v) is 23.7. The molecule has 1 unspecified atom stereocenters. The smallest absolute Gasteiger partial charge is 0.319 e. The van der Waals surface area contributed by atoms with Gasteiger partial charge in [-0.3, -0.25) is 0 Å². The predicted molar refractivity (Wildman–Crippen MR) is 157 cm³/mol. The average Bonchev–Trinajstić information content (AvgIpc) is 3.69. The zero-order valence-electron chi connectivity index (χ0n) is 23.7. The molecule has 10 heteroatoms. The number of pyridine rings is 1. The van der Waals surface area contributed by atoms with Crippen molar-refractivity contribution in [1.29, 1.82) is 0 Å². The number of benzene rings is 2. The van der Waals surface area contributed by atoms with Crippen LogP contribution in [0.25, 0.3) is 32.9 Å². The fourth-order valence-electron chi connectivity index (χ4n) is 5.53. The van der Waals surface area contributed by atoms with Crippen LogP contribution in [-0.4, -0.2) is 70.0 Å². The molecule has 1 aliphatic carbocycles. The van der Waals surface area contributed by atoms with Crippen LogP contribution in [0.5, 0.6) is 11.8 Å². The Morgan fingerprint density at radius 1 is 1.17 bits per heavy atom. The maximum absolute atomic E-state index is 16.6. The number of hydrogen-bond donors (Lipinski definition) is 2. The number of ether oxygens (including phenoxy) is 1. The van der Waals surface area contributed by atoms with Gasteiger partial charge < -0.3 is 24.7 Å². The van der Waals surface area contributed by atoms with Gasteiger partial charge in [0, 0.05) is 38.7 Å². The quantitative estimate of drug-likeness (QED) is 0.312. The van der Waals surface area contributed by atoms with Gasteiger partial charge in [0.2, 0.25) is 0 Å². The lowest BCUT2D eigenvalue weighted by Crippen LogP contribution is -2.39. The highest BCUT2D eigenvalue weighted by molar-refractivity contribution is 6.01. The number of halogens is 2. The molecule has 2 fully saturated rings. The van der Waals surface area contributed by atoms with Crippen LogP contribution in [-0.2, 0) is 0 Å². The molecule has 1 saturated carbocycles. The number of anilines is 1. The summed E-state index contributed by atoms with van der Waals surface area (Å²) in [6, 6.07) is 6.92. The molecule has 1 saturated heterocycles. The predicted octanol–water partition coefficient (Wildman–Crippen LogP) is 5.01. The van der Waals surface area contributed by atoms with Crippen molar-refractivity contribution in [3.63, 3.8) is 0 Å². The van der Waals surface area contributed by atoms with Gasteiger partial charge in [-0.2, -0.15) is 9.97 Å². The number of fused-ring (bicyclic) bond motifs is 2. The van der Waals surface area contributed by atoms with Crippen molar-refractivity contribution in [3.8, 4) is 34.9 Å². The Balaban J connectivity index is 1.55. The first kappa shape index (κ1) is 27.7. The average molecular weight is 572 g/mol. The van der Waals surface area contributed by atoms with Crippen LogP contribution in [0.3, 0.4) is 0 Å². The summed E-state index contributed by atoms with van der Waals surface area (Å²) in [5.74, 6) is 5.03. The molecule has 1 aliphatic heterocycles. The first-order valence-corrected chi connectivity index (χ1v) is 13.9. The van der Waals surface area contributed by atoms with E-state index >= 15 is 4.39 Å². The lowest BCUT2D eigenvalue weighted by Gasteiger charge is -2.32. The number of piperidine rings is 1. The Morgan fingerprint density at radius 2 is 2.00 bits per heavy atom. The van der Waals surface area contributed by atoms with Gasteiger partial charge in [-0.15, -0.1) is 0 Å². The number of rotatable bonds is 6. The van der Waals surface area contributed by atoms with E-state index in [-0.39, 0.29) is 40.1 Å². The van der Waals surface area contributed by atoms with Crippen LogP contribution in [0, 0.1) is 29.4 Å². The van der Waals surface area contributed by atoms with Gasteiger partial charge in [0.05, 0.1) is 18.1 Å². The normalized spacial score (nSPS) is 19.2. The van der Waals surface area contributed by atoms with E-state index < -0.39 is 17.7 Å². The minimum atomic E-state index is -0.770. The third-order valence-electron chi connectivity index (χ3n) is 7.53. The molecule has 0 bridgehead atoms. The summed E-state index contributed by atoms with van der Waals surface area (Å²) < 4.78 is 37.0. The number of phenolic OH excluding ortho intramolecular Hbond substituents is 1. The maximum atomic E-state index is 16.6. The van der Waals surface area contributed by atoms with E-state index in [2.05, 4.69) is 28.0 Å². The number of aromatic hydroxyl groups is 1. The van der Waals surface area contributed by atoms with E-state index in [1.807, 2.05) is 23.9 Å². The number of nitrogens with zero attached hydrogens (tertiary/aromatic N) is 5. The Hall–Kier alpha value is -4.49. The minimum absolute atomic E-state index is 0.00642. The van der Waals surface area contributed by atoms with Crippen molar-refractivity contribution in [3.05, 3.63) is 59.4 Å². The highest BCUT2D eigenvalue weighted by atomic mass is 19.1. The lowest BCUT2D eigenvalue weighted by atomic mass is 9.99. The third-order valence-corrected chi connectivity index (χ3v) is 7.53. The zero-order chi connectivity index (χ0) is 29.5. The molecule has 2 aliphatic rings. The summed E-state index contributed by atoms with van der Waals surface area (Å²) in [6.07, 6.45) is 3.78. The molecule has 42 heavy (non-hydrogen) atoms. The first-order valence-electron chi connectivity index (χ1n) is 13.9. The highest BCUT2D eigenvalue weighted by Gasteiger charge is 2.32. The van der Waals surface area contributed by atoms with Crippen LogP contribution >= 0.6 is 0 Å². The van der Waals surface area contributed by atoms with Gasteiger partial charge in [-0.1, -0.05) is 12.0 Å². The van der Waals surface area contributed by atoms with Gasteiger partial charge in [0.1, 0.15) is 34.3 Å². The van der Waals surface area contributed by atoms with Crippen LogP contribution in [0.15, 0.2) is 42.1 Å². The molecule has 216 valence electrons. The molecular weight excluding hydrogens is 540 g/mol. The van der Waals surface area contributed by atoms with Gasteiger partial charge in [0.15, 0.2) is 5.82 Å². The Labute approximate surface area is 242 Å². The van der Waals surface area contributed by atoms with E-state index in [0.29, 0.717) is 48.1 Å². The summed E-state index contributed by atoms with van der Waals surface area (Å²) >= 11 is 0. The molecule has 2 aromatic carbocycles. The third kappa shape index (κ3) is 5.40. The standard InChI is InChI=1S/C32H31F2N5O3/c1-4-6-26-27-30(28(34)29(35-26)25-14-23(41)12-18-8-9-21(33)13-24(18)25)36-32(42-17-20-11-19(20)15-38(2)3)37-31(27)39-10-5-7-22(40)16-39/h8-9,12-15,20,22,40-41H,5,7,10-11,16-17H2,1-3H3/t20?,22-/m1/s1. The Bertz CT molecular complexity index is 1800. The molecule has 0 spiro atoms. The number of hydrogen-bond acceptors (Lipinski definition) is 8. The second-order valence-electron chi connectivity index (χ2n) is 11.0. The summed E-state index contributed by atoms with van der Waals surface area (Å²) in [7, 11) is 3.93. The van der Waals surface area contributed by atoms with Gasteiger partial charge in [0.25, 0.3) is 0 Å². The van der Waals surface area contributed by atoms with Crippen molar-refractivity contribution in [2.75, 3.05) is 38.7 Å². The highest BCUT2D eigenvalue weighted by Crippen LogP contribution is 2.40. The molecule has 2 N–H and O–H groups in total. The SMILES string of the molecule is CC#Cc1nc(-c2cc(O)cc3ccc(F)cc23)c(F)c2nc(OCC3CC3=CN(C)C)nc(N3CCC[C@@H](O)C3)c12. The van der Waals surface area contributed by atoms with Crippen molar-refractivity contribution < 1.29 is 23.7 Å². The lowest BCUT2D eigenvalue weighted by molar-refractivity contribution is 0.154. The van der Waals surface area contributed by atoms with Crippen molar-refractivity contribution >= 4 is 27.5 Å². The summed E-state index contributed by atoms with van der Waals surface area (Å²) in [5, 5.41) is 22.1. The molecule has 8 nitrogen and oxygen atoms in total. The number of aliphatic hydroxyl groups excluding tert-OH is 1. The summed E-state index contributed by atoms with van der Waals surface area (Å²) in [6.45, 7) is 2.89. The van der Waals surface area contributed by atoms with Gasteiger partial charge in [-0.05, 0) is 78.9 Å². The fourth-order valence-corrected chi connectivity index (χ4v) is 5.53. The summed E-state index contributed by atoms with van der Waals surface area (Å²) in [4.78, 5) is 17.7. The van der Waals surface area contributed by atoms with Crippen molar-refractivity contribution in [1.82, 2.24) is 19.9 Å². The largest absolute Gasteiger partial charge is 0.508 e. The first-order chi connectivity index (χ1) is 20.2. The van der Waals surface area contributed by atoms with E-state index in [1.165, 1.54) is 35.9 Å². The van der Waals surface area contributed by atoms with E-state index in [4.69, 9.17) is 9.72 Å². The minimum Gasteiger partial charge on any atom is -0.508 e. The molecule has 2 atom stereocenters. The van der Waals surface area contributed by atoms with Crippen LogP contribution in [0.1, 0.15) is 31.9 Å². The molecule has 0 amide bonds. The van der Waals surface area contributed by atoms with Gasteiger partial charge >= 0.3 is 6.01 Å². The van der Waals surface area contributed by atoms with E-state index in [9.17, 15) is 14.6 Å². The Kier molecular flexibility index (Phi) is 7.29. The second-order valence-corrected chi connectivity index (χ2v) is 11.0. The number of phenols is 1. The molecular formula is C32H31F2N5O3. The van der Waals surface area contributed by atoms with E-state index in [0.717, 1.165) is 12.8 Å². The fraction of sp³-hybridized carbons (Fsp3) is 0.344. The molecule has 6 rings (SSSR count). The summed E-state index contributed by atoms with van der Waals surface area (Å²) in [5.41, 5.74) is 1.51. The van der Waals surface area contributed by atoms with Crippen LogP contribution in [0.2, 0.25) is 0 Å². The van der Waals surface area contributed by atoms with Crippen molar-refractivity contribution in [2.24, 2.45) is 5.92 Å². The molecule has 4 aromatic rings. The van der Waals surface area contributed by atoms with Gasteiger partial charge in [-0.25, -0.2) is 13.8 Å².